The minimum Gasteiger partial charge on any atom is -0.308 e. The molecule has 18 heavy (non-hydrogen) atoms. The Morgan fingerprint density at radius 3 is 2.78 bits per heavy atom. The smallest absolute Gasteiger partial charge is 0.0794 e. The number of nitrogens with zero attached hydrogens (tertiary/aromatic N) is 3. The van der Waals surface area contributed by atoms with Crippen LogP contribution in [0.15, 0.2) is 24.1 Å². The average molecular weight is 262 g/mol. The predicted molar refractivity (Wildman–Crippen MR) is 73.6 cm³/mol. The number of nitrogens with one attached hydrogen (secondary N) is 1. The second-order valence-electron chi connectivity index (χ2n) is 4.26. The fourth-order valence-electron chi connectivity index (χ4n) is 1.73. The number of hydrogen-bond acceptors (Lipinski definition) is 5. The first kappa shape index (κ1) is 13.1. The molecule has 2 aromatic rings. The van der Waals surface area contributed by atoms with Crippen LogP contribution in [-0.4, -0.2) is 21.5 Å². The van der Waals surface area contributed by atoms with Crippen LogP contribution in [0.3, 0.4) is 0 Å². The van der Waals surface area contributed by atoms with E-state index in [1.54, 1.807) is 11.3 Å². The molecule has 0 aliphatic heterocycles. The Morgan fingerprint density at radius 1 is 1.28 bits per heavy atom. The molecule has 0 radical (unpaired) electrons. The summed E-state index contributed by atoms with van der Waals surface area (Å²) in [5, 5.41) is 3.52. The van der Waals surface area contributed by atoms with Crippen molar-refractivity contribution in [1.29, 1.82) is 0 Å². The van der Waals surface area contributed by atoms with Gasteiger partial charge in [-0.05, 0) is 19.9 Å². The molecule has 1 atom stereocenters. The molecule has 5 heteroatoms. The second kappa shape index (κ2) is 6.56. The van der Waals surface area contributed by atoms with E-state index < -0.39 is 0 Å². The maximum Gasteiger partial charge on any atom is 0.0794 e. The third-order valence-corrected chi connectivity index (χ3v) is 3.49. The van der Waals surface area contributed by atoms with Gasteiger partial charge in [-0.3, -0.25) is 15.0 Å². The molecule has 0 fully saturated rings. The molecule has 0 aliphatic rings. The monoisotopic (exact) mass is 262 g/mol. The SMILES string of the molecule is CCCNC(Cc1cncs1)c1cnc(C)cn1. The van der Waals surface area contributed by atoms with E-state index in [2.05, 4.69) is 27.2 Å². The highest BCUT2D eigenvalue weighted by atomic mass is 32.1. The molecule has 0 aromatic carbocycles. The van der Waals surface area contributed by atoms with Gasteiger partial charge in [-0.1, -0.05) is 6.92 Å². The fourth-order valence-corrected chi connectivity index (χ4v) is 2.37. The topological polar surface area (TPSA) is 50.7 Å². The van der Waals surface area contributed by atoms with Crippen molar-refractivity contribution in [2.75, 3.05) is 6.54 Å². The maximum atomic E-state index is 4.47. The summed E-state index contributed by atoms with van der Waals surface area (Å²) in [6, 6.07) is 0.221. The van der Waals surface area contributed by atoms with Crippen LogP contribution in [0.5, 0.6) is 0 Å². The molecule has 0 amide bonds. The third kappa shape index (κ3) is 3.58. The van der Waals surface area contributed by atoms with Gasteiger partial charge in [0.1, 0.15) is 0 Å². The van der Waals surface area contributed by atoms with E-state index in [4.69, 9.17) is 0 Å². The van der Waals surface area contributed by atoms with E-state index in [-0.39, 0.29) is 6.04 Å². The number of aryl methyl sites for hydroxylation is 1. The minimum absolute atomic E-state index is 0.221. The van der Waals surface area contributed by atoms with Crippen molar-refractivity contribution >= 4 is 11.3 Å². The Hall–Kier alpha value is -1.33. The fraction of sp³-hybridized carbons (Fsp3) is 0.462. The van der Waals surface area contributed by atoms with Gasteiger partial charge in [0.2, 0.25) is 0 Å². The van der Waals surface area contributed by atoms with Crippen molar-refractivity contribution in [3.8, 4) is 0 Å². The van der Waals surface area contributed by atoms with Gasteiger partial charge in [-0.15, -0.1) is 11.3 Å². The minimum atomic E-state index is 0.221. The van der Waals surface area contributed by atoms with Gasteiger partial charge in [0, 0.05) is 23.7 Å². The summed E-state index contributed by atoms with van der Waals surface area (Å²) in [5.41, 5.74) is 3.82. The van der Waals surface area contributed by atoms with Crippen LogP contribution in [0.2, 0.25) is 0 Å². The summed E-state index contributed by atoms with van der Waals surface area (Å²) in [6.07, 6.45) is 7.64. The normalized spacial score (nSPS) is 12.6. The molecular formula is C13H18N4S. The summed E-state index contributed by atoms with van der Waals surface area (Å²) in [5.74, 6) is 0. The zero-order chi connectivity index (χ0) is 12.8. The van der Waals surface area contributed by atoms with Crippen molar-refractivity contribution < 1.29 is 0 Å². The molecule has 0 aliphatic carbocycles. The van der Waals surface area contributed by atoms with Crippen LogP contribution in [0.25, 0.3) is 0 Å². The number of aromatic nitrogens is 3. The lowest BCUT2D eigenvalue weighted by atomic mass is 10.1. The van der Waals surface area contributed by atoms with Gasteiger partial charge < -0.3 is 5.32 Å². The largest absolute Gasteiger partial charge is 0.308 e. The van der Waals surface area contributed by atoms with E-state index in [0.717, 1.165) is 30.8 Å². The molecule has 2 heterocycles. The zero-order valence-electron chi connectivity index (χ0n) is 10.8. The Kier molecular flexibility index (Phi) is 4.78. The van der Waals surface area contributed by atoms with Gasteiger partial charge in [0.05, 0.1) is 29.1 Å². The van der Waals surface area contributed by atoms with Crippen molar-refractivity contribution in [3.63, 3.8) is 0 Å². The van der Waals surface area contributed by atoms with E-state index in [1.165, 1.54) is 4.88 Å². The first-order valence-corrected chi connectivity index (χ1v) is 7.07. The lowest BCUT2D eigenvalue weighted by molar-refractivity contribution is 0.518. The molecule has 0 saturated carbocycles. The summed E-state index contributed by atoms with van der Waals surface area (Å²) in [7, 11) is 0. The van der Waals surface area contributed by atoms with Crippen molar-refractivity contribution in [1.82, 2.24) is 20.3 Å². The molecule has 0 spiro atoms. The lowest BCUT2D eigenvalue weighted by Gasteiger charge is -2.16. The van der Waals surface area contributed by atoms with Crippen LogP contribution in [0.4, 0.5) is 0 Å². The van der Waals surface area contributed by atoms with Gasteiger partial charge in [-0.25, -0.2) is 0 Å². The Labute approximate surface area is 112 Å². The Bertz CT molecular complexity index is 452. The molecule has 0 saturated heterocycles. The lowest BCUT2D eigenvalue weighted by Crippen LogP contribution is -2.25. The predicted octanol–water partition coefficient (Wildman–Crippen LogP) is 2.52. The molecule has 1 unspecified atom stereocenters. The van der Waals surface area contributed by atoms with Gasteiger partial charge in [0.25, 0.3) is 0 Å². The summed E-state index contributed by atoms with van der Waals surface area (Å²) in [4.78, 5) is 14.2. The molecule has 96 valence electrons. The number of hydrogen-bond donors (Lipinski definition) is 1. The van der Waals surface area contributed by atoms with E-state index in [0.29, 0.717) is 0 Å². The molecule has 2 rings (SSSR count). The Balaban J connectivity index is 2.11. The molecule has 2 aromatic heterocycles. The average Bonchev–Trinajstić information content (AvgIpc) is 2.88. The van der Waals surface area contributed by atoms with E-state index >= 15 is 0 Å². The highest BCUT2D eigenvalue weighted by molar-refractivity contribution is 7.09. The maximum absolute atomic E-state index is 4.47. The first-order valence-electron chi connectivity index (χ1n) is 6.19. The van der Waals surface area contributed by atoms with Gasteiger partial charge in [0.15, 0.2) is 0 Å². The molecule has 0 bridgehead atoms. The summed E-state index contributed by atoms with van der Waals surface area (Å²) >= 11 is 1.68. The van der Waals surface area contributed by atoms with E-state index in [1.807, 2.05) is 31.0 Å². The zero-order valence-corrected chi connectivity index (χ0v) is 11.6. The van der Waals surface area contributed by atoms with Crippen LogP contribution in [-0.2, 0) is 6.42 Å². The summed E-state index contributed by atoms with van der Waals surface area (Å²) < 4.78 is 0. The van der Waals surface area contributed by atoms with Crippen molar-refractivity contribution in [2.24, 2.45) is 0 Å². The van der Waals surface area contributed by atoms with Crippen LogP contribution in [0.1, 0.15) is 35.7 Å². The highest BCUT2D eigenvalue weighted by Crippen LogP contribution is 2.18. The quantitative estimate of drug-likeness (QED) is 0.869. The highest BCUT2D eigenvalue weighted by Gasteiger charge is 2.14. The van der Waals surface area contributed by atoms with Crippen LogP contribution < -0.4 is 5.32 Å². The standard InChI is InChI=1S/C13H18N4S/c1-3-4-15-12(5-11-7-14-9-18-11)13-8-16-10(2)6-17-13/h6-9,12,15H,3-5H2,1-2H3. The van der Waals surface area contributed by atoms with Crippen molar-refractivity contribution in [3.05, 3.63) is 40.4 Å². The number of thiazole rings is 1. The van der Waals surface area contributed by atoms with Crippen molar-refractivity contribution in [2.45, 2.75) is 32.7 Å². The molecular weight excluding hydrogens is 244 g/mol. The molecule has 1 N–H and O–H groups in total. The number of rotatable bonds is 6. The van der Waals surface area contributed by atoms with Crippen LogP contribution in [0, 0.1) is 6.92 Å². The third-order valence-electron chi connectivity index (χ3n) is 2.69. The summed E-state index contributed by atoms with van der Waals surface area (Å²) in [6.45, 7) is 5.10. The van der Waals surface area contributed by atoms with Crippen LogP contribution >= 0.6 is 11.3 Å². The molecule has 4 nitrogen and oxygen atoms in total. The second-order valence-corrected chi connectivity index (χ2v) is 5.23. The van der Waals surface area contributed by atoms with E-state index in [9.17, 15) is 0 Å². The van der Waals surface area contributed by atoms with Gasteiger partial charge in [-0.2, -0.15) is 0 Å². The van der Waals surface area contributed by atoms with Gasteiger partial charge >= 0.3 is 0 Å². The first-order chi connectivity index (χ1) is 8.79. The Morgan fingerprint density at radius 2 is 2.17 bits per heavy atom.